The Morgan fingerprint density at radius 2 is 2.11 bits per heavy atom. The van der Waals surface area contributed by atoms with Crippen LogP contribution in [-0.4, -0.2) is 9.78 Å². The molecule has 0 aliphatic carbocycles. The molecular formula is C13H15Cl2N3O. The maximum Gasteiger partial charge on any atom is 0.241 e. The lowest BCUT2D eigenvalue weighted by Gasteiger charge is -2.08. The molecule has 6 heteroatoms. The van der Waals surface area contributed by atoms with Gasteiger partial charge < -0.3 is 10.5 Å². The molecular weight excluding hydrogens is 285 g/mol. The van der Waals surface area contributed by atoms with Crippen LogP contribution < -0.4 is 10.5 Å². The highest BCUT2D eigenvalue weighted by Crippen LogP contribution is 2.35. The average molecular weight is 300 g/mol. The molecule has 19 heavy (non-hydrogen) atoms. The van der Waals surface area contributed by atoms with Crippen LogP contribution in [0.3, 0.4) is 0 Å². The van der Waals surface area contributed by atoms with Crippen molar-refractivity contribution in [1.29, 1.82) is 0 Å². The van der Waals surface area contributed by atoms with Crippen molar-refractivity contribution in [3.63, 3.8) is 0 Å². The molecule has 0 fully saturated rings. The number of anilines is 1. The van der Waals surface area contributed by atoms with Crippen LogP contribution in [0.2, 0.25) is 10.0 Å². The summed E-state index contributed by atoms with van der Waals surface area (Å²) in [5.74, 6) is 0.944. The zero-order valence-corrected chi connectivity index (χ0v) is 12.3. The van der Waals surface area contributed by atoms with Crippen LogP contribution in [-0.2, 0) is 13.5 Å². The zero-order chi connectivity index (χ0) is 14.0. The molecule has 2 rings (SSSR count). The fourth-order valence-corrected chi connectivity index (χ4v) is 2.10. The Balaban J connectivity index is 2.35. The monoisotopic (exact) mass is 299 g/mol. The highest BCUT2D eigenvalue weighted by molar-refractivity contribution is 6.34. The number of halogens is 2. The summed E-state index contributed by atoms with van der Waals surface area (Å²) >= 11 is 12.0. The van der Waals surface area contributed by atoms with Crippen LogP contribution in [0.4, 0.5) is 5.69 Å². The van der Waals surface area contributed by atoms with Crippen molar-refractivity contribution in [2.75, 3.05) is 5.73 Å². The van der Waals surface area contributed by atoms with Gasteiger partial charge in [0.05, 0.1) is 10.7 Å². The quantitative estimate of drug-likeness (QED) is 0.926. The van der Waals surface area contributed by atoms with E-state index in [9.17, 15) is 0 Å². The van der Waals surface area contributed by atoms with Crippen LogP contribution in [0.15, 0.2) is 18.2 Å². The molecule has 0 bridgehead atoms. The summed E-state index contributed by atoms with van der Waals surface area (Å²) in [5, 5.41) is 5.36. The molecule has 0 radical (unpaired) electrons. The van der Waals surface area contributed by atoms with Gasteiger partial charge in [-0.3, -0.25) is 0 Å². The predicted octanol–water partition coefficient (Wildman–Crippen LogP) is 4.05. The van der Waals surface area contributed by atoms with Crippen LogP contribution in [0, 0.1) is 0 Å². The largest absolute Gasteiger partial charge is 0.436 e. The number of aryl methyl sites for hydroxylation is 2. The number of ether oxygens (including phenoxy) is 1. The lowest BCUT2D eigenvalue weighted by molar-refractivity contribution is 0.432. The van der Waals surface area contributed by atoms with Gasteiger partial charge in [-0.1, -0.05) is 36.5 Å². The van der Waals surface area contributed by atoms with Crippen molar-refractivity contribution in [2.24, 2.45) is 7.05 Å². The summed E-state index contributed by atoms with van der Waals surface area (Å²) in [6, 6.07) is 5.03. The van der Waals surface area contributed by atoms with Crippen molar-refractivity contribution in [2.45, 2.75) is 19.8 Å². The van der Waals surface area contributed by atoms with Gasteiger partial charge in [-0.25, -0.2) is 4.68 Å². The lowest BCUT2D eigenvalue weighted by Crippen LogP contribution is -1.97. The van der Waals surface area contributed by atoms with Crippen molar-refractivity contribution in [3.8, 4) is 11.6 Å². The Bertz CT molecular complexity index is 596. The molecule has 102 valence electrons. The number of aromatic nitrogens is 2. The molecule has 0 amide bonds. The zero-order valence-electron chi connectivity index (χ0n) is 10.8. The Kier molecular flexibility index (Phi) is 4.22. The maximum atomic E-state index is 6.06. The fraction of sp³-hybridized carbons (Fsp3) is 0.308. The number of nitrogen functional groups attached to an aromatic ring is 1. The first-order valence-electron chi connectivity index (χ1n) is 5.97. The number of rotatable bonds is 4. The summed E-state index contributed by atoms with van der Waals surface area (Å²) in [5.41, 5.74) is 7.42. The van der Waals surface area contributed by atoms with Crippen LogP contribution in [0.25, 0.3) is 0 Å². The van der Waals surface area contributed by atoms with Gasteiger partial charge in [-0.15, -0.1) is 0 Å². The standard InChI is InChI=1S/C13H15Cl2N3O/c1-3-4-10-12(16)13(18(2)17-10)19-11-7-8(14)5-6-9(11)15/h5-7H,3-4,16H2,1-2H3. The number of hydrogen-bond acceptors (Lipinski definition) is 3. The Labute approximate surface area is 122 Å². The molecule has 1 aromatic heterocycles. The van der Waals surface area contributed by atoms with E-state index in [1.54, 1.807) is 29.9 Å². The summed E-state index contributed by atoms with van der Waals surface area (Å²) in [7, 11) is 1.78. The second kappa shape index (κ2) is 5.72. The van der Waals surface area contributed by atoms with Crippen molar-refractivity contribution in [3.05, 3.63) is 33.9 Å². The van der Waals surface area contributed by atoms with Gasteiger partial charge in [-0.05, 0) is 18.6 Å². The number of nitrogens with two attached hydrogens (primary N) is 1. The molecule has 2 N–H and O–H groups in total. The van der Waals surface area contributed by atoms with Gasteiger partial charge in [0, 0.05) is 18.1 Å². The summed E-state index contributed by atoms with van der Waals surface area (Å²) in [6.45, 7) is 2.07. The van der Waals surface area contributed by atoms with Gasteiger partial charge in [0.15, 0.2) is 0 Å². The second-order valence-corrected chi connectivity index (χ2v) is 5.06. The van der Waals surface area contributed by atoms with Gasteiger partial charge in [0.2, 0.25) is 5.88 Å². The summed E-state index contributed by atoms with van der Waals surface area (Å²) in [4.78, 5) is 0. The smallest absolute Gasteiger partial charge is 0.241 e. The van der Waals surface area contributed by atoms with E-state index in [1.807, 2.05) is 0 Å². The molecule has 0 aliphatic rings. The Hall–Kier alpha value is -1.39. The van der Waals surface area contributed by atoms with E-state index < -0.39 is 0 Å². The van der Waals surface area contributed by atoms with Crippen LogP contribution >= 0.6 is 23.2 Å². The summed E-state index contributed by atoms with van der Waals surface area (Å²) < 4.78 is 7.35. The number of benzene rings is 1. The normalized spacial score (nSPS) is 10.7. The Morgan fingerprint density at radius 1 is 1.37 bits per heavy atom. The van der Waals surface area contributed by atoms with Crippen LogP contribution in [0.1, 0.15) is 19.0 Å². The minimum Gasteiger partial charge on any atom is -0.436 e. The first-order chi connectivity index (χ1) is 9.02. The molecule has 0 spiro atoms. The lowest BCUT2D eigenvalue weighted by atomic mass is 10.2. The van der Waals surface area contributed by atoms with Crippen molar-refractivity contribution < 1.29 is 4.74 Å². The molecule has 2 aromatic rings. The predicted molar refractivity (Wildman–Crippen MR) is 78.2 cm³/mol. The summed E-state index contributed by atoms with van der Waals surface area (Å²) in [6.07, 6.45) is 1.78. The SMILES string of the molecule is CCCc1nn(C)c(Oc2cc(Cl)ccc2Cl)c1N. The van der Waals surface area contributed by atoms with Crippen molar-refractivity contribution >= 4 is 28.9 Å². The third kappa shape index (κ3) is 2.96. The molecule has 0 saturated carbocycles. The average Bonchev–Trinajstić information content (AvgIpc) is 2.62. The van der Waals surface area contributed by atoms with Crippen molar-refractivity contribution in [1.82, 2.24) is 9.78 Å². The van der Waals surface area contributed by atoms with E-state index in [2.05, 4.69) is 12.0 Å². The van der Waals surface area contributed by atoms with E-state index >= 15 is 0 Å². The van der Waals surface area contributed by atoms with Gasteiger partial charge >= 0.3 is 0 Å². The highest BCUT2D eigenvalue weighted by Gasteiger charge is 2.16. The molecule has 4 nitrogen and oxygen atoms in total. The first-order valence-corrected chi connectivity index (χ1v) is 6.72. The van der Waals surface area contributed by atoms with E-state index in [1.165, 1.54) is 0 Å². The van der Waals surface area contributed by atoms with E-state index in [4.69, 9.17) is 33.7 Å². The first kappa shape index (κ1) is 14.0. The van der Waals surface area contributed by atoms with Gasteiger partial charge in [0.1, 0.15) is 11.4 Å². The van der Waals surface area contributed by atoms with E-state index in [0.29, 0.717) is 27.4 Å². The molecule has 0 atom stereocenters. The maximum absolute atomic E-state index is 6.06. The van der Waals surface area contributed by atoms with E-state index in [0.717, 1.165) is 18.5 Å². The minimum atomic E-state index is 0.465. The second-order valence-electron chi connectivity index (χ2n) is 4.22. The molecule has 0 aliphatic heterocycles. The highest BCUT2D eigenvalue weighted by atomic mass is 35.5. The topological polar surface area (TPSA) is 53.1 Å². The van der Waals surface area contributed by atoms with Gasteiger partial charge in [0.25, 0.3) is 0 Å². The Morgan fingerprint density at radius 3 is 2.79 bits per heavy atom. The third-order valence-electron chi connectivity index (χ3n) is 2.69. The fourth-order valence-electron chi connectivity index (χ4n) is 1.78. The molecule has 0 saturated heterocycles. The molecule has 1 heterocycles. The number of hydrogen-bond donors (Lipinski definition) is 1. The number of nitrogens with zero attached hydrogens (tertiary/aromatic N) is 2. The molecule has 0 unspecified atom stereocenters. The molecule has 1 aromatic carbocycles. The van der Waals surface area contributed by atoms with E-state index in [-0.39, 0.29) is 0 Å². The minimum absolute atomic E-state index is 0.465. The third-order valence-corrected chi connectivity index (χ3v) is 3.24. The van der Waals surface area contributed by atoms with Gasteiger partial charge in [-0.2, -0.15) is 5.10 Å². The van der Waals surface area contributed by atoms with Crippen LogP contribution in [0.5, 0.6) is 11.6 Å².